The second-order valence-corrected chi connectivity index (χ2v) is 8.40. The first-order valence-electron chi connectivity index (χ1n) is 10.1. The van der Waals surface area contributed by atoms with Gasteiger partial charge >= 0.3 is 0 Å². The quantitative estimate of drug-likeness (QED) is 0.596. The van der Waals surface area contributed by atoms with Gasteiger partial charge in [0.25, 0.3) is 5.91 Å². The number of aromatic amines is 1. The number of fused-ring (bicyclic) bond motifs is 1. The number of hydrogen-bond acceptors (Lipinski definition) is 5. The predicted octanol–water partition coefficient (Wildman–Crippen LogP) is 3.76. The maximum absolute atomic E-state index is 12.7. The van der Waals surface area contributed by atoms with Gasteiger partial charge < -0.3 is 15.2 Å². The van der Waals surface area contributed by atoms with E-state index in [1.807, 2.05) is 41.6 Å². The zero-order valence-corrected chi connectivity index (χ0v) is 17.1. The van der Waals surface area contributed by atoms with E-state index in [1.54, 1.807) is 11.3 Å². The second kappa shape index (κ2) is 8.84. The maximum atomic E-state index is 12.7. The molecule has 0 bridgehead atoms. The Hall–Kier alpha value is -2.25. The fraction of sp³-hybridized carbons (Fsp3) is 0.476. The number of amides is 1. The van der Waals surface area contributed by atoms with Crippen LogP contribution in [0.2, 0.25) is 0 Å². The minimum atomic E-state index is 0.0598. The number of aromatic nitrogens is 3. The number of rotatable bonds is 7. The number of nitrogens with one attached hydrogen (secondary N) is 2. The van der Waals surface area contributed by atoms with Crippen LogP contribution in [-0.4, -0.2) is 45.4 Å². The normalized spacial score (nSPS) is 15.2. The van der Waals surface area contributed by atoms with E-state index in [1.165, 1.54) is 19.3 Å². The number of benzene rings is 1. The van der Waals surface area contributed by atoms with Gasteiger partial charge in [-0.25, -0.2) is 9.97 Å². The molecule has 2 heterocycles. The number of thiazole rings is 1. The number of nitrogens with zero attached hydrogens (tertiary/aromatic N) is 3. The van der Waals surface area contributed by atoms with E-state index in [2.05, 4.69) is 20.3 Å². The third-order valence-corrected chi connectivity index (χ3v) is 6.37. The molecule has 0 atom stereocenters. The highest BCUT2D eigenvalue weighted by Gasteiger charge is 2.24. The molecule has 7 heteroatoms. The SMILES string of the molecule is CN(C(=O)c1csc(CCNCc2nc3ccccc3[nH]2)n1)C1CCCCC1. The Bertz CT molecular complexity index is 895. The van der Waals surface area contributed by atoms with E-state index in [0.29, 0.717) is 18.3 Å². The minimum absolute atomic E-state index is 0.0598. The molecule has 1 fully saturated rings. The summed E-state index contributed by atoms with van der Waals surface area (Å²) in [4.78, 5) is 27.1. The molecule has 2 N–H and O–H groups in total. The minimum Gasteiger partial charge on any atom is -0.341 e. The third kappa shape index (κ3) is 4.42. The Kier molecular flexibility index (Phi) is 6.02. The van der Waals surface area contributed by atoms with Gasteiger partial charge in [-0.15, -0.1) is 11.3 Å². The van der Waals surface area contributed by atoms with Crippen LogP contribution >= 0.6 is 11.3 Å². The van der Waals surface area contributed by atoms with Crippen LogP contribution < -0.4 is 5.32 Å². The molecule has 0 saturated heterocycles. The Morgan fingerprint density at radius 2 is 2.07 bits per heavy atom. The molecule has 4 rings (SSSR count). The number of hydrogen-bond donors (Lipinski definition) is 2. The van der Waals surface area contributed by atoms with Gasteiger partial charge in [-0.05, 0) is 25.0 Å². The van der Waals surface area contributed by atoms with Crippen molar-refractivity contribution in [2.45, 2.75) is 51.1 Å². The topological polar surface area (TPSA) is 73.9 Å². The lowest BCUT2D eigenvalue weighted by molar-refractivity contribution is 0.0691. The van der Waals surface area contributed by atoms with Crippen LogP contribution in [0.3, 0.4) is 0 Å². The summed E-state index contributed by atoms with van der Waals surface area (Å²) in [7, 11) is 1.92. The summed E-state index contributed by atoms with van der Waals surface area (Å²) in [5.41, 5.74) is 2.64. The van der Waals surface area contributed by atoms with Crippen molar-refractivity contribution in [3.05, 3.63) is 46.2 Å². The van der Waals surface area contributed by atoms with Crippen LogP contribution in [0.15, 0.2) is 29.6 Å². The molecule has 2 aromatic heterocycles. The van der Waals surface area contributed by atoms with E-state index in [4.69, 9.17) is 0 Å². The molecule has 1 aliphatic carbocycles. The Balaban J connectivity index is 1.25. The Labute approximate surface area is 169 Å². The highest BCUT2D eigenvalue weighted by Crippen LogP contribution is 2.23. The molecule has 6 nitrogen and oxygen atoms in total. The van der Waals surface area contributed by atoms with Crippen molar-refractivity contribution in [1.82, 2.24) is 25.2 Å². The summed E-state index contributed by atoms with van der Waals surface area (Å²) in [6.07, 6.45) is 6.78. The Morgan fingerprint density at radius 1 is 1.25 bits per heavy atom. The predicted molar refractivity (Wildman–Crippen MR) is 113 cm³/mol. The van der Waals surface area contributed by atoms with Crippen molar-refractivity contribution in [3.63, 3.8) is 0 Å². The van der Waals surface area contributed by atoms with E-state index in [9.17, 15) is 4.79 Å². The van der Waals surface area contributed by atoms with Crippen molar-refractivity contribution in [2.24, 2.45) is 0 Å². The Morgan fingerprint density at radius 3 is 2.89 bits per heavy atom. The number of imidazole rings is 1. The monoisotopic (exact) mass is 397 g/mol. The molecule has 1 saturated carbocycles. The van der Waals surface area contributed by atoms with Crippen LogP contribution in [-0.2, 0) is 13.0 Å². The fourth-order valence-electron chi connectivity index (χ4n) is 3.83. The van der Waals surface area contributed by atoms with Gasteiger partial charge in [-0.3, -0.25) is 4.79 Å². The van der Waals surface area contributed by atoms with Gasteiger partial charge in [-0.2, -0.15) is 0 Å². The molecule has 1 aromatic carbocycles. The largest absolute Gasteiger partial charge is 0.341 e. The molecule has 0 radical (unpaired) electrons. The highest BCUT2D eigenvalue weighted by molar-refractivity contribution is 7.09. The zero-order valence-electron chi connectivity index (χ0n) is 16.3. The fourth-order valence-corrected chi connectivity index (χ4v) is 4.60. The average molecular weight is 398 g/mol. The first-order valence-corrected chi connectivity index (χ1v) is 10.9. The summed E-state index contributed by atoms with van der Waals surface area (Å²) in [5.74, 6) is 0.995. The van der Waals surface area contributed by atoms with Crippen LogP contribution in [0.25, 0.3) is 11.0 Å². The van der Waals surface area contributed by atoms with Gasteiger partial charge in [0.1, 0.15) is 11.5 Å². The third-order valence-electron chi connectivity index (χ3n) is 5.46. The second-order valence-electron chi connectivity index (χ2n) is 7.46. The number of para-hydroxylation sites is 2. The van der Waals surface area contributed by atoms with Crippen LogP contribution in [0.4, 0.5) is 0 Å². The maximum Gasteiger partial charge on any atom is 0.273 e. The number of carbonyl (C=O) groups is 1. The van der Waals surface area contributed by atoms with E-state index < -0.39 is 0 Å². The zero-order chi connectivity index (χ0) is 19.3. The van der Waals surface area contributed by atoms with Crippen LogP contribution in [0.5, 0.6) is 0 Å². The summed E-state index contributed by atoms with van der Waals surface area (Å²) in [6.45, 7) is 1.49. The van der Waals surface area contributed by atoms with Gasteiger partial charge in [0.15, 0.2) is 0 Å². The summed E-state index contributed by atoms with van der Waals surface area (Å²) < 4.78 is 0. The van der Waals surface area contributed by atoms with Crippen LogP contribution in [0, 0.1) is 0 Å². The van der Waals surface area contributed by atoms with E-state index in [-0.39, 0.29) is 5.91 Å². The average Bonchev–Trinajstić information content (AvgIpc) is 3.37. The first-order chi connectivity index (χ1) is 13.7. The van der Waals surface area contributed by atoms with E-state index in [0.717, 1.165) is 47.7 Å². The molecular weight excluding hydrogens is 370 g/mol. The van der Waals surface area contributed by atoms with Crippen molar-refractivity contribution >= 4 is 28.3 Å². The number of H-pyrrole nitrogens is 1. The van der Waals surface area contributed by atoms with Crippen molar-refractivity contribution in [3.8, 4) is 0 Å². The molecule has 148 valence electrons. The van der Waals surface area contributed by atoms with Crippen molar-refractivity contribution in [2.75, 3.05) is 13.6 Å². The van der Waals surface area contributed by atoms with Gasteiger partial charge in [0.05, 0.1) is 22.6 Å². The molecule has 0 unspecified atom stereocenters. The summed E-state index contributed by atoms with van der Waals surface area (Å²) in [5, 5.41) is 6.30. The standard InChI is InChI=1S/C21H27N5OS/c1-26(15-7-3-2-4-8-15)21(27)18-14-28-20(25-18)11-12-22-13-19-23-16-9-5-6-10-17(16)24-19/h5-6,9-10,14-15,22H,2-4,7-8,11-13H2,1H3,(H,23,24). The van der Waals surface area contributed by atoms with E-state index >= 15 is 0 Å². The molecule has 28 heavy (non-hydrogen) atoms. The van der Waals surface area contributed by atoms with Gasteiger partial charge in [0, 0.05) is 31.4 Å². The van der Waals surface area contributed by atoms with Crippen molar-refractivity contribution < 1.29 is 4.79 Å². The smallest absolute Gasteiger partial charge is 0.273 e. The number of carbonyl (C=O) groups excluding carboxylic acids is 1. The molecule has 1 aliphatic rings. The molecular formula is C21H27N5OS. The molecule has 0 aliphatic heterocycles. The summed E-state index contributed by atoms with van der Waals surface area (Å²) in [6, 6.07) is 8.41. The van der Waals surface area contributed by atoms with Crippen molar-refractivity contribution in [1.29, 1.82) is 0 Å². The lowest BCUT2D eigenvalue weighted by Gasteiger charge is -2.30. The first kappa shape index (κ1) is 19.1. The van der Waals surface area contributed by atoms with Gasteiger partial charge in [0.2, 0.25) is 0 Å². The molecule has 0 spiro atoms. The highest BCUT2D eigenvalue weighted by atomic mass is 32.1. The lowest BCUT2D eigenvalue weighted by atomic mass is 9.94. The van der Waals surface area contributed by atoms with Gasteiger partial charge in [-0.1, -0.05) is 31.4 Å². The molecule has 1 amide bonds. The molecule has 3 aromatic rings. The summed E-state index contributed by atoms with van der Waals surface area (Å²) >= 11 is 1.57. The lowest BCUT2D eigenvalue weighted by Crippen LogP contribution is -2.38. The van der Waals surface area contributed by atoms with Crippen LogP contribution in [0.1, 0.15) is 53.4 Å².